The molecule has 0 aliphatic rings. The van der Waals surface area contributed by atoms with Crippen molar-refractivity contribution in [1.82, 2.24) is 9.97 Å². The Bertz CT molecular complexity index is 1210. The van der Waals surface area contributed by atoms with Gasteiger partial charge in [0.1, 0.15) is 0 Å². The van der Waals surface area contributed by atoms with Gasteiger partial charge in [-0.3, -0.25) is 9.59 Å². The Morgan fingerprint density at radius 1 is 1.00 bits per heavy atom. The van der Waals surface area contributed by atoms with E-state index in [2.05, 4.69) is 15.3 Å². The highest BCUT2D eigenvalue weighted by molar-refractivity contribution is 6.31. The fourth-order valence-electron chi connectivity index (χ4n) is 3.03. The third-order valence-electron chi connectivity index (χ3n) is 4.55. The molecule has 3 aromatic carbocycles. The smallest absolute Gasteiger partial charge is 0.256 e. The molecular formula is C22H16ClN3O2. The summed E-state index contributed by atoms with van der Waals surface area (Å²) < 4.78 is 0. The van der Waals surface area contributed by atoms with Crippen LogP contribution in [0.1, 0.15) is 31.8 Å². The quantitative estimate of drug-likeness (QED) is 0.482. The van der Waals surface area contributed by atoms with Gasteiger partial charge in [0, 0.05) is 21.8 Å². The van der Waals surface area contributed by atoms with Crippen LogP contribution in [0.15, 0.2) is 67.0 Å². The molecule has 0 bridgehead atoms. The van der Waals surface area contributed by atoms with Crippen molar-refractivity contribution < 1.29 is 9.59 Å². The number of hydrogen-bond donors (Lipinski definition) is 2. The first-order chi connectivity index (χ1) is 13.5. The zero-order chi connectivity index (χ0) is 19.7. The number of rotatable bonds is 4. The van der Waals surface area contributed by atoms with Gasteiger partial charge in [0.05, 0.1) is 22.9 Å². The lowest BCUT2D eigenvalue weighted by atomic mass is 9.97. The number of H-pyrrole nitrogens is 1. The second kappa shape index (κ2) is 7.29. The minimum atomic E-state index is -0.364. The Balaban J connectivity index is 1.68. The van der Waals surface area contributed by atoms with Gasteiger partial charge in [0.2, 0.25) is 0 Å². The van der Waals surface area contributed by atoms with E-state index in [-0.39, 0.29) is 11.7 Å². The van der Waals surface area contributed by atoms with Crippen LogP contribution in [0.4, 0.5) is 5.69 Å². The fourth-order valence-corrected chi connectivity index (χ4v) is 3.20. The summed E-state index contributed by atoms with van der Waals surface area (Å²) in [4.78, 5) is 33.1. The van der Waals surface area contributed by atoms with E-state index >= 15 is 0 Å². The van der Waals surface area contributed by atoms with Gasteiger partial charge < -0.3 is 10.3 Å². The molecule has 0 atom stereocenters. The molecule has 0 spiro atoms. The number of imidazole rings is 1. The monoisotopic (exact) mass is 389 g/mol. The topological polar surface area (TPSA) is 74.8 Å². The molecule has 1 amide bonds. The van der Waals surface area contributed by atoms with Gasteiger partial charge in [0.15, 0.2) is 5.78 Å². The van der Waals surface area contributed by atoms with Crippen LogP contribution in [0.25, 0.3) is 11.0 Å². The van der Waals surface area contributed by atoms with E-state index in [1.54, 1.807) is 60.9 Å². The zero-order valence-corrected chi connectivity index (χ0v) is 15.7. The number of ketones is 1. The van der Waals surface area contributed by atoms with Gasteiger partial charge >= 0.3 is 0 Å². The van der Waals surface area contributed by atoms with E-state index < -0.39 is 0 Å². The summed E-state index contributed by atoms with van der Waals surface area (Å²) in [6.45, 7) is 1.88. The normalized spacial score (nSPS) is 10.8. The number of hydrogen-bond acceptors (Lipinski definition) is 3. The number of fused-ring (bicyclic) bond motifs is 1. The molecule has 0 saturated heterocycles. The first kappa shape index (κ1) is 17.9. The van der Waals surface area contributed by atoms with Crippen molar-refractivity contribution in [1.29, 1.82) is 0 Å². The standard InChI is InChI=1S/C22H16ClN3O2/c1-13-6-8-15(23)11-19(13)26-22(28)17-5-3-2-4-16(17)21(27)14-7-9-18-20(10-14)25-12-24-18/h2-12H,1H3,(H,24,25)(H,26,28). The minimum Gasteiger partial charge on any atom is -0.345 e. The van der Waals surface area contributed by atoms with E-state index in [1.807, 2.05) is 13.0 Å². The van der Waals surface area contributed by atoms with E-state index in [4.69, 9.17) is 11.6 Å². The van der Waals surface area contributed by atoms with Crippen LogP contribution in [0, 0.1) is 6.92 Å². The lowest BCUT2D eigenvalue weighted by molar-refractivity contribution is 0.0996. The third kappa shape index (κ3) is 3.40. The second-order valence-corrected chi connectivity index (χ2v) is 6.86. The Hall–Kier alpha value is -3.44. The summed E-state index contributed by atoms with van der Waals surface area (Å²) in [5.41, 5.74) is 4.15. The highest BCUT2D eigenvalue weighted by Gasteiger charge is 2.19. The number of carbonyl (C=O) groups is 2. The Labute approximate surface area is 166 Å². The molecule has 4 rings (SSSR count). The van der Waals surface area contributed by atoms with Crippen LogP contribution in [0.3, 0.4) is 0 Å². The SMILES string of the molecule is Cc1ccc(Cl)cc1NC(=O)c1ccccc1C(=O)c1ccc2nc[nH]c2c1. The number of anilines is 1. The Morgan fingerprint density at radius 3 is 2.61 bits per heavy atom. The van der Waals surface area contributed by atoms with Crippen molar-refractivity contribution in [3.63, 3.8) is 0 Å². The van der Waals surface area contributed by atoms with Gasteiger partial charge in [0.25, 0.3) is 5.91 Å². The molecule has 0 saturated carbocycles. The maximum atomic E-state index is 13.1. The van der Waals surface area contributed by atoms with Crippen LogP contribution in [0.2, 0.25) is 5.02 Å². The van der Waals surface area contributed by atoms with E-state index in [0.29, 0.717) is 27.4 Å². The molecule has 0 aliphatic carbocycles. The Kier molecular flexibility index (Phi) is 4.67. The number of carbonyl (C=O) groups excluding carboxylic acids is 2. The van der Waals surface area contributed by atoms with E-state index in [9.17, 15) is 9.59 Å². The molecule has 1 heterocycles. The van der Waals surface area contributed by atoms with Gasteiger partial charge in [-0.05, 0) is 48.9 Å². The molecule has 0 radical (unpaired) electrons. The maximum Gasteiger partial charge on any atom is 0.256 e. The molecule has 1 aromatic heterocycles. The number of aromatic amines is 1. The summed E-state index contributed by atoms with van der Waals surface area (Å²) in [6.07, 6.45) is 1.58. The number of amides is 1. The summed E-state index contributed by atoms with van der Waals surface area (Å²) in [7, 11) is 0. The first-order valence-corrected chi connectivity index (χ1v) is 9.05. The van der Waals surface area contributed by atoms with E-state index in [0.717, 1.165) is 16.6 Å². The fraction of sp³-hybridized carbons (Fsp3) is 0.0455. The molecule has 28 heavy (non-hydrogen) atoms. The van der Waals surface area contributed by atoms with Gasteiger partial charge in [-0.15, -0.1) is 0 Å². The lowest BCUT2D eigenvalue weighted by Crippen LogP contribution is -2.17. The summed E-state index contributed by atoms with van der Waals surface area (Å²) in [5.74, 6) is -0.595. The number of nitrogens with one attached hydrogen (secondary N) is 2. The molecular weight excluding hydrogens is 374 g/mol. The first-order valence-electron chi connectivity index (χ1n) is 8.67. The second-order valence-electron chi connectivity index (χ2n) is 6.42. The average molecular weight is 390 g/mol. The van der Waals surface area contributed by atoms with Crippen LogP contribution >= 0.6 is 11.6 Å². The van der Waals surface area contributed by atoms with Gasteiger partial charge in [-0.2, -0.15) is 0 Å². The van der Waals surface area contributed by atoms with Crippen molar-refractivity contribution in [2.24, 2.45) is 0 Å². The number of nitrogens with zero attached hydrogens (tertiary/aromatic N) is 1. The molecule has 6 heteroatoms. The number of aryl methyl sites for hydroxylation is 1. The molecule has 0 unspecified atom stereocenters. The summed E-state index contributed by atoms with van der Waals surface area (Å²) in [6, 6.07) is 17.3. The average Bonchev–Trinajstić information content (AvgIpc) is 3.18. The van der Waals surface area contributed by atoms with Crippen molar-refractivity contribution in [3.05, 3.63) is 94.3 Å². The van der Waals surface area contributed by atoms with Crippen LogP contribution in [-0.4, -0.2) is 21.7 Å². The summed E-state index contributed by atoms with van der Waals surface area (Å²) >= 11 is 6.03. The van der Waals surface area contributed by atoms with Crippen molar-refractivity contribution in [2.75, 3.05) is 5.32 Å². The molecule has 0 aliphatic heterocycles. The third-order valence-corrected chi connectivity index (χ3v) is 4.78. The van der Waals surface area contributed by atoms with Crippen LogP contribution in [-0.2, 0) is 0 Å². The minimum absolute atomic E-state index is 0.231. The van der Waals surface area contributed by atoms with Crippen molar-refractivity contribution in [2.45, 2.75) is 6.92 Å². The Morgan fingerprint density at radius 2 is 1.79 bits per heavy atom. The number of halogens is 1. The highest BCUT2D eigenvalue weighted by atomic mass is 35.5. The maximum absolute atomic E-state index is 13.1. The number of aromatic nitrogens is 2. The predicted octanol–water partition coefficient (Wildman–Crippen LogP) is 5.01. The molecule has 4 aromatic rings. The van der Waals surface area contributed by atoms with Crippen molar-refractivity contribution >= 4 is 40.0 Å². The molecule has 138 valence electrons. The highest BCUT2D eigenvalue weighted by Crippen LogP contribution is 2.23. The summed E-state index contributed by atoms with van der Waals surface area (Å²) in [5, 5.41) is 3.37. The van der Waals surface area contributed by atoms with Crippen molar-refractivity contribution in [3.8, 4) is 0 Å². The molecule has 0 fully saturated rings. The predicted molar refractivity (Wildman–Crippen MR) is 110 cm³/mol. The van der Waals surface area contributed by atoms with Gasteiger partial charge in [-0.1, -0.05) is 35.9 Å². The largest absolute Gasteiger partial charge is 0.345 e. The van der Waals surface area contributed by atoms with Crippen LogP contribution < -0.4 is 5.32 Å². The van der Waals surface area contributed by atoms with Crippen LogP contribution in [0.5, 0.6) is 0 Å². The van der Waals surface area contributed by atoms with E-state index in [1.165, 1.54) is 0 Å². The zero-order valence-electron chi connectivity index (χ0n) is 15.0. The number of benzene rings is 3. The lowest BCUT2D eigenvalue weighted by Gasteiger charge is -2.12. The molecule has 2 N–H and O–H groups in total. The molecule has 5 nitrogen and oxygen atoms in total. The van der Waals surface area contributed by atoms with Gasteiger partial charge in [-0.25, -0.2) is 4.98 Å².